The summed E-state index contributed by atoms with van der Waals surface area (Å²) < 4.78 is 11.2. The Balaban J connectivity index is 1.44. The fourth-order valence-electron chi connectivity index (χ4n) is 3.19. The molecule has 2 aliphatic rings. The zero-order valence-electron chi connectivity index (χ0n) is 13.7. The summed E-state index contributed by atoms with van der Waals surface area (Å²) in [5, 5.41) is 11.6. The molecule has 1 saturated heterocycles. The van der Waals surface area contributed by atoms with Gasteiger partial charge >= 0.3 is 6.01 Å². The maximum absolute atomic E-state index is 5.76. The van der Waals surface area contributed by atoms with Crippen LogP contribution in [0.2, 0.25) is 0 Å². The number of nitrogens with one attached hydrogen (secondary N) is 1. The lowest BCUT2D eigenvalue weighted by Gasteiger charge is -2.34. The van der Waals surface area contributed by atoms with Gasteiger partial charge in [-0.1, -0.05) is 17.6 Å². The maximum atomic E-state index is 5.76. The van der Waals surface area contributed by atoms with Crippen molar-refractivity contribution in [2.24, 2.45) is 0 Å². The predicted octanol–water partition coefficient (Wildman–Crippen LogP) is 2.22. The molecule has 0 aromatic carbocycles. The molecule has 0 unspecified atom stereocenters. The number of aromatic nitrogens is 3. The van der Waals surface area contributed by atoms with Crippen molar-refractivity contribution in [3.63, 3.8) is 0 Å². The Morgan fingerprint density at radius 3 is 2.79 bits per heavy atom. The predicted molar refractivity (Wildman–Crippen MR) is 88.7 cm³/mol. The van der Waals surface area contributed by atoms with Gasteiger partial charge in [-0.05, 0) is 25.0 Å². The molecule has 7 heteroatoms. The van der Waals surface area contributed by atoms with E-state index in [1.165, 1.54) is 6.42 Å². The zero-order chi connectivity index (χ0) is 16.2. The third kappa shape index (κ3) is 3.42. The van der Waals surface area contributed by atoms with Crippen molar-refractivity contribution in [3.05, 3.63) is 36.0 Å². The van der Waals surface area contributed by atoms with Gasteiger partial charge in [0.25, 0.3) is 0 Å². The molecule has 7 nitrogen and oxygen atoms in total. The molecule has 1 N–H and O–H groups in total. The van der Waals surface area contributed by atoms with Crippen molar-refractivity contribution in [3.8, 4) is 0 Å². The lowest BCUT2D eigenvalue weighted by Crippen LogP contribution is -2.41. The number of nitrogens with zero attached hydrogens (tertiary/aromatic N) is 4. The molecule has 128 valence electrons. The van der Waals surface area contributed by atoms with Gasteiger partial charge in [0.1, 0.15) is 0 Å². The summed E-state index contributed by atoms with van der Waals surface area (Å²) in [7, 11) is 0. The third-order valence-corrected chi connectivity index (χ3v) is 4.86. The van der Waals surface area contributed by atoms with Crippen LogP contribution >= 0.6 is 0 Å². The highest BCUT2D eigenvalue weighted by Crippen LogP contribution is 2.35. The smallest absolute Gasteiger partial charge is 0.315 e. The van der Waals surface area contributed by atoms with Crippen molar-refractivity contribution in [2.75, 3.05) is 38.2 Å². The molecule has 1 atom stereocenters. The van der Waals surface area contributed by atoms with Gasteiger partial charge in [0.2, 0.25) is 5.89 Å². The zero-order valence-corrected chi connectivity index (χ0v) is 13.7. The average Bonchev–Trinajstić information content (AvgIpc) is 3.04. The summed E-state index contributed by atoms with van der Waals surface area (Å²) >= 11 is 0. The second kappa shape index (κ2) is 7.27. The molecule has 1 aliphatic carbocycles. The Bertz CT molecular complexity index is 637. The molecule has 3 heterocycles. The molecule has 1 saturated carbocycles. The number of ether oxygens (including phenoxy) is 1. The van der Waals surface area contributed by atoms with Gasteiger partial charge in [-0.15, -0.1) is 5.10 Å². The highest BCUT2D eigenvalue weighted by molar-refractivity contribution is 5.21. The summed E-state index contributed by atoms with van der Waals surface area (Å²) in [5.41, 5.74) is 1.05. The normalized spacial score (nSPS) is 20.5. The Morgan fingerprint density at radius 2 is 2.08 bits per heavy atom. The van der Waals surface area contributed by atoms with Crippen LogP contribution < -0.4 is 5.32 Å². The van der Waals surface area contributed by atoms with E-state index >= 15 is 0 Å². The molecule has 2 fully saturated rings. The van der Waals surface area contributed by atoms with Gasteiger partial charge in [0.15, 0.2) is 0 Å². The van der Waals surface area contributed by atoms with Crippen LogP contribution in [-0.2, 0) is 4.74 Å². The van der Waals surface area contributed by atoms with Crippen LogP contribution in [0.1, 0.15) is 42.8 Å². The molecule has 4 rings (SSSR count). The lowest BCUT2D eigenvalue weighted by molar-refractivity contribution is 0.0178. The van der Waals surface area contributed by atoms with Gasteiger partial charge in [-0.2, -0.15) is 0 Å². The van der Waals surface area contributed by atoms with Gasteiger partial charge in [-0.25, -0.2) is 0 Å². The first kappa shape index (κ1) is 15.5. The summed E-state index contributed by atoms with van der Waals surface area (Å²) in [4.78, 5) is 6.92. The van der Waals surface area contributed by atoms with Crippen molar-refractivity contribution >= 4 is 6.01 Å². The first-order valence-electron chi connectivity index (χ1n) is 8.70. The summed E-state index contributed by atoms with van der Waals surface area (Å²) in [5.74, 6) is 1.23. The van der Waals surface area contributed by atoms with Crippen molar-refractivity contribution in [2.45, 2.75) is 31.2 Å². The minimum absolute atomic E-state index is 0.161. The minimum atomic E-state index is 0.161. The van der Waals surface area contributed by atoms with Gasteiger partial charge in [0, 0.05) is 31.7 Å². The van der Waals surface area contributed by atoms with Gasteiger partial charge in [0.05, 0.1) is 24.9 Å². The van der Waals surface area contributed by atoms with E-state index in [2.05, 4.69) is 31.5 Å². The first-order valence-corrected chi connectivity index (χ1v) is 8.70. The van der Waals surface area contributed by atoms with E-state index in [0.29, 0.717) is 18.5 Å². The van der Waals surface area contributed by atoms with Crippen LogP contribution in [0, 0.1) is 0 Å². The molecule has 1 aliphatic heterocycles. The molecule has 0 amide bonds. The average molecular weight is 329 g/mol. The van der Waals surface area contributed by atoms with Crippen LogP contribution in [0.3, 0.4) is 0 Å². The summed E-state index contributed by atoms with van der Waals surface area (Å²) in [6, 6.07) is 6.70. The van der Waals surface area contributed by atoms with E-state index in [-0.39, 0.29) is 6.04 Å². The van der Waals surface area contributed by atoms with Crippen LogP contribution in [0.4, 0.5) is 6.01 Å². The fourth-order valence-corrected chi connectivity index (χ4v) is 3.19. The Kier molecular flexibility index (Phi) is 4.71. The fraction of sp³-hybridized carbons (Fsp3) is 0.588. The number of hydrogen-bond donors (Lipinski definition) is 1. The minimum Gasteiger partial charge on any atom is -0.408 e. The molecular weight excluding hydrogens is 306 g/mol. The quantitative estimate of drug-likeness (QED) is 0.870. The molecular formula is C17H23N5O2. The van der Waals surface area contributed by atoms with Crippen molar-refractivity contribution in [1.29, 1.82) is 0 Å². The molecule has 0 radical (unpaired) electrons. The number of pyridine rings is 1. The first-order chi connectivity index (χ1) is 11.9. The highest BCUT2D eigenvalue weighted by Gasteiger charge is 2.26. The van der Waals surface area contributed by atoms with E-state index in [4.69, 9.17) is 9.15 Å². The van der Waals surface area contributed by atoms with Crippen molar-refractivity contribution in [1.82, 2.24) is 20.1 Å². The van der Waals surface area contributed by atoms with Crippen LogP contribution in [0.5, 0.6) is 0 Å². The van der Waals surface area contributed by atoms with Gasteiger partial charge < -0.3 is 14.5 Å². The standard InChI is InChI=1S/C17H23N5O2/c1-2-7-18-14(6-1)15(22-8-10-23-11-9-22)12-19-17-21-20-16(24-17)13-4-3-5-13/h1-2,6-7,13,15H,3-5,8-12H2,(H,19,21)/t15-/m0/s1. The molecule has 2 aromatic rings. The summed E-state index contributed by atoms with van der Waals surface area (Å²) in [6.07, 6.45) is 5.41. The van der Waals surface area contributed by atoms with Gasteiger partial charge in [-0.3, -0.25) is 9.88 Å². The van der Waals surface area contributed by atoms with E-state index in [1.807, 2.05) is 18.3 Å². The van der Waals surface area contributed by atoms with Crippen LogP contribution in [-0.4, -0.2) is 52.9 Å². The van der Waals surface area contributed by atoms with E-state index in [1.54, 1.807) is 0 Å². The Hall–Kier alpha value is -1.99. The maximum Gasteiger partial charge on any atom is 0.315 e. The topological polar surface area (TPSA) is 76.3 Å². The number of morpholine rings is 1. The van der Waals surface area contributed by atoms with E-state index < -0.39 is 0 Å². The lowest BCUT2D eigenvalue weighted by atomic mass is 9.85. The SMILES string of the molecule is c1ccc([C@H](CNc2nnc(C3CCC3)o2)N2CCOCC2)nc1. The van der Waals surface area contributed by atoms with Crippen LogP contribution in [0.25, 0.3) is 0 Å². The van der Waals surface area contributed by atoms with Crippen LogP contribution in [0.15, 0.2) is 28.8 Å². The van der Waals surface area contributed by atoms with E-state index in [9.17, 15) is 0 Å². The molecule has 2 aromatic heterocycles. The Morgan fingerprint density at radius 1 is 1.21 bits per heavy atom. The second-order valence-corrected chi connectivity index (χ2v) is 6.37. The monoisotopic (exact) mass is 329 g/mol. The Labute approximate surface area is 141 Å². The largest absolute Gasteiger partial charge is 0.408 e. The third-order valence-electron chi connectivity index (χ3n) is 4.86. The number of anilines is 1. The highest BCUT2D eigenvalue weighted by atomic mass is 16.5. The molecule has 0 bridgehead atoms. The number of rotatable bonds is 6. The molecule has 24 heavy (non-hydrogen) atoms. The second-order valence-electron chi connectivity index (χ2n) is 6.37. The molecule has 0 spiro atoms. The van der Waals surface area contributed by atoms with Crippen molar-refractivity contribution < 1.29 is 9.15 Å². The van der Waals surface area contributed by atoms with E-state index in [0.717, 1.165) is 50.7 Å². The summed E-state index contributed by atoms with van der Waals surface area (Å²) in [6.45, 7) is 4.01. The number of hydrogen-bond acceptors (Lipinski definition) is 7.